The van der Waals surface area contributed by atoms with Crippen molar-refractivity contribution in [3.05, 3.63) is 66.6 Å². The lowest BCUT2D eigenvalue weighted by atomic mass is 10.0. The van der Waals surface area contributed by atoms with Gasteiger partial charge in [0.1, 0.15) is 5.69 Å². The second kappa shape index (κ2) is 8.68. The molecule has 9 heteroatoms. The normalized spacial score (nSPS) is 10.6. The summed E-state index contributed by atoms with van der Waals surface area (Å²) in [7, 11) is 3.07. The zero-order chi connectivity index (χ0) is 22.7. The highest BCUT2D eigenvalue weighted by Gasteiger charge is 2.17. The molecule has 0 aliphatic carbocycles. The average molecular weight is 431 g/mol. The topological polar surface area (TPSA) is 131 Å². The molecule has 3 amide bonds. The zero-order valence-electron chi connectivity index (χ0n) is 17.4. The third kappa shape index (κ3) is 4.04. The van der Waals surface area contributed by atoms with Crippen molar-refractivity contribution >= 4 is 34.2 Å². The first kappa shape index (κ1) is 20.7. The van der Waals surface area contributed by atoms with Crippen LogP contribution in [0.1, 0.15) is 10.5 Å². The monoisotopic (exact) mass is 431 g/mol. The highest BCUT2D eigenvalue weighted by atomic mass is 16.5. The van der Waals surface area contributed by atoms with E-state index in [1.165, 1.54) is 7.11 Å². The van der Waals surface area contributed by atoms with Crippen molar-refractivity contribution in [3.8, 4) is 22.6 Å². The number of aromatic amines is 1. The van der Waals surface area contributed by atoms with Gasteiger partial charge in [-0.05, 0) is 35.9 Å². The fraction of sp³-hybridized carbons (Fsp3) is 0.0870. The first-order valence-corrected chi connectivity index (χ1v) is 9.66. The number of hydrogen-bond donors (Lipinski definition) is 4. The van der Waals surface area contributed by atoms with E-state index < -0.39 is 11.9 Å². The summed E-state index contributed by atoms with van der Waals surface area (Å²) in [5.41, 5.74) is 9.17. The van der Waals surface area contributed by atoms with Gasteiger partial charge in [-0.1, -0.05) is 12.1 Å². The Morgan fingerprint density at radius 2 is 1.62 bits per heavy atom. The summed E-state index contributed by atoms with van der Waals surface area (Å²) in [6.45, 7) is 0. The predicted octanol–water partition coefficient (Wildman–Crippen LogP) is 3.99. The first-order chi connectivity index (χ1) is 15.5. The third-order valence-electron chi connectivity index (χ3n) is 4.92. The van der Waals surface area contributed by atoms with E-state index in [1.54, 1.807) is 49.8 Å². The Balaban J connectivity index is 1.53. The molecule has 2 heterocycles. The Hall–Kier alpha value is -4.53. The molecule has 9 nitrogen and oxygen atoms in total. The standard InChI is InChI=1S/C23H21N5O4/c1-31-18-8-7-15(11-19(18)32-2)27-23(30)26-14-5-3-13(4-6-14)20-16-9-10-25-12-17(16)28-21(20)22(24)29/h3-12,28H,1-2H3,(H2,24,29)(H2,26,27,30). The molecular weight excluding hydrogens is 410 g/mol. The maximum atomic E-state index is 12.4. The number of amides is 3. The fourth-order valence-electron chi connectivity index (χ4n) is 3.46. The Morgan fingerprint density at radius 3 is 2.31 bits per heavy atom. The largest absolute Gasteiger partial charge is 0.493 e. The van der Waals surface area contributed by atoms with Gasteiger partial charge in [0.2, 0.25) is 0 Å². The van der Waals surface area contributed by atoms with Crippen LogP contribution in [0.25, 0.3) is 22.0 Å². The Morgan fingerprint density at radius 1 is 0.938 bits per heavy atom. The van der Waals surface area contributed by atoms with Crippen molar-refractivity contribution in [2.24, 2.45) is 5.73 Å². The minimum Gasteiger partial charge on any atom is -0.493 e. The van der Waals surface area contributed by atoms with Gasteiger partial charge in [-0.3, -0.25) is 9.78 Å². The van der Waals surface area contributed by atoms with E-state index in [4.69, 9.17) is 15.2 Å². The molecule has 0 radical (unpaired) electrons. The molecular formula is C23H21N5O4. The molecule has 0 atom stereocenters. The SMILES string of the molecule is COc1ccc(NC(=O)Nc2ccc(-c3c(C(N)=O)[nH]c4cnccc34)cc2)cc1OC. The van der Waals surface area contributed by atoms with Gasteiger partial charge in [-0.2, -0.15) is 0 Å². The lowest BCUT2D eigenvalue weighted by Gasteiger charge is -2.11. The summed E-state index contributed by atoms with van der Waals surface area (Å²) in [5, 5.41) is 6.35. The summed E-state index contributed by atoms with van der Waals surface area (Å²) >= 11 is 0. The molecule has 162 valence electrons. The molecule has 5 N–H and O–H groups in total. The van der Waals surface area contributed by atoms with Gasteiger partial charge in [0.25, 0.3) is 5.91 Å². The van der Waals surface area contributed by atoms with E-state index in [-0.39, 0.29) is 0 Å². The molecule has 0 bridgehead atoms. The van der Waals surface area contributed by atoms with Crippen LogP contribution < -0.4 is 25.8 Å². The highest BCUT2D eigenvalue weighted by Crippen LogP contribution is 2.33. The van der Waals surface area contributed by atoms with E-state index in [0.29, 0.717) is 39.6 Å². The second-order valence-corrected chi connectivity index (χ2v) is 6.89. The molecule has 0 aliphatic heterocycles. The molecule has 2 aromatic heterocycles. The van der Waals surface area contributed by atoms with Crippen LogP contribution in [0.3, 0.4) is 0 Å². The number of carbonyl (C=O) groups is 2. The summed E-state index contributed by atoms with van der Waals surface area (Å²) in [4.78, 5) is 31.4. The van der Waals surface area contributed by atoms with Crippen LogP contribution in [-0.4, -0.2) is 36.1 Å². The second-order valence-electron chi connectivity index (χ2n) is 6.89. The number of rotatable bonds is 6. The number of pyridine rings is 1. The minimum atomic E-state index is -0.562. The number of nitrogens with two attached hydrogens (primary N) is 1. The van der Waals surface area contributed by atoms with E-state index in [0.717, 1.165) is 10.9 Å². The van der Waals surface area contributed by atoms with Crippen molar-refractivity contribution in [2.75, 3.05) is 24.9 Å². The van der Waals surface area contributed by atoms with Crippen LogP contribution in [-0.2, 0) is 0 Å². The summed E-state index contributed by atoms with van der Waals surface area (Å²) in [5.74, 6) is 0.513. The maximum Gasteiger partial charge on any atom is 0.323 e. The molecule has 0 fully saturated rings. The van der Waals surface area contributed by atoms with Crippen LogP contribution in [0.4, 0.5) is 16.2 Å². The number of aromatic nitrogens is 2. The summed E-state index contributed by atoms with van der Waals surface area (Å²) < 4.78 is 10.4. The number of fused-ring (bicyclic) bond motifs is 1. The first-order valence-electron chi connectivity index (χ1n) is 9.66. The van der Waals surface area contributed by atoms with Gasteiger partial charge in [-0.25, -0.2) is 4.79 Å². The number of methoxy groups -OCH3 is 2. The molecule has 0 spiro atoms. The molecule has 0 saturated heterocycles. The maximum absolute atomic E-state index is 12.4. The number of nitrogens with one attached hydrogen (secondary N) is 3. The fourth-order valence-corrected chi connectivity index (χ4v) is 3.46. The van der Waals surface area contributed by atoms with Crippen LogP contribution >= 0.6 is 0 Å². The Labute approximate surface area is 183 Å². The lowest BCUT2D eigenvalue weighted by molar-refractivity contribution is 0.0997. The third-order valence-corrected chi connectivity index (χ3v) is 4.92. The van der Waals surface area contributed by atoms with Gasteiger partial charge in [-0.15, -0.1) is 0 Å². The van der Waals surface area contributed by atoms with Crippen molar-refractivity contribution in [2.45, 2.75) is 0 Å². The van der Waals surface area contributed by atoms with Gasteiger partial charge in [0.05, 0.1) is 25.9 Å². The number of carbonyl (C=O) groups excluding carboxylic acids is 2. The van der Waals surface area contributed by atoms with Gasteiger partial charge in [0.15, 0.2) is 11.5 Å². The molecule has 2 aromatic carbocycles. The Kier molecular flexibility index (Phi) is 5.63. The molecule has 0 aliphatic rings. The van der Waals surface area contributed by atoms with Crippen molar-refractivity contribution in [1.82, 2.24) is 9.97 Å². The quantitative estimate of drug-likeness (QED) is 0.367. The Bertz CT molecular complexity index is 1300. The highest BCUT2D eigenvalue weighted by molar-refractivity contribution is 6.09. The predicted molar refractivity (Wildman–Crippen MR) is 122 cm³/mol. The van der Waals surface area contributed by atoms with Gasteiger partial charge in [0, 0.05) is 34.6 Å². The van der Waals surface area contributed by atoms with E-state index >= 15 is 0 Å². The number of primary amides is 1. The van der Waals surface area contributed by atoms with Crippen LogP contribution in [0.5, 0.6) is 11.5 Å². The number of ether oxygens (including phenoxy) is 2. The van der Waals surface area contributed by atoms with E-state index in [9.17, 15) is 9.59 Å². The lowest BCUT2D eigenvalue weighted by Crippen LogP contribution is -2.19. The zero-order valence-corrected chi connectivity index (χ0v) is 17.4. The number of benzene rings is 2. The molecule has 4 aromatic rings. The van der Waals surface area contributed by atoms with Crippen molar-refractivity contribution in [3.63, 3.8) is 0 Å². The average Bonchev–Trinajstić information content (AvgIpc) is 3.19. The van der Waals surface area contributed by atoms with Crippen LogP contribution in [0.15, 0.2) is 60.9 Å². The van der Waals surface area contributed by atoms with Crippen LogP contribution in [0, 0.1) is 0 Å². The number of anilines is 2. The smallest absolute Gasteiger partial charge is 0.323 e. The number of H-pyrrole nitrogens is 1. The summed E-state index contributed by atoms with van der Waals surface area (Å²) in [6.07, 6.45) is 3.29. The summed E-state index contributed by atoms with van der Waals surface area (Å²) in [6, 6.07) is 13.6. The van der Waals surface area contributed by atoms with Gasteiger partial charge < -0.3 is 30.8 Å². The molecule has 0 saturated carbocycles. The van der Waals surface area contributed by atoms with Crippen molar-refractivity contribution < 1.29 is 19.1 Å². The molecule has 0 unspecified atom stereocenters. The number of hydrogen-bond acceptors (Lipinski definition) is 5. The van der Waals surface area contributed by atoms with Crippen molar-refractivity contribution in [1.29, 1.82) is 0 Å². The van der Waals surface area contributed by atoms with E-state index in [2.05, 4.69) is 20.6 Å². The molecule has 4 rings (SSSR count). The van der Waals surface area contributed by atoms with Gasteiger partial charge >= 0.3 is 6.03 Å². The molecule has 32 heavy (non-hydrogen) atoms. The number of nitrogens with zero attached hydrogens (tertiary/aromatic N) is 1. The number of urea groups is 1. The minimum absolute atomic E-state index is 0.305. The van der Waals surface area contributed by atoms with E-state index in [1.807, 2.05) is 18.2 Å². The van der Waals surface area contributed by atoms with Crippen LogP contribution in [0.2, 0.25) is 0 Å².